The van der Waals surface area contributed by atoms with Gasteiger partial charge in [0.05, 0.1) is 0 Å². The van der Waals surface area contributed by atoms with Crippen LogP contribution in [0.4, 0.5) is 0 Å². The summed E-state index contributed by atoms with van der Waals surface area (Å²) in [7, 11) is 0. The van der Waals surface area contributed by atoms with Crippen molar-refractivity contribution in [2.75, 3.05) is 18.5 Å². The minimum Gasteiger partial charge on any atom is -1.00 e. The van der Waals surface area contributed by atoms with Crippen molar-refractivity contribution in [2.24, 2.45) is 11.8 Å². The molecular weight excluding hydrogens is 288 g/mol. The Morgan fingerprint density at radius 1 is 1.00 bits per heavy atom. The van der Waals surface area contributed by atoms with Crippen molar-refractivity contribution >= 4 is 39.0 Å². The smallest absolute Gasteiger partial charge is 1.00 e. The molecule has 0 aromatic carbocycles. The Morgan fingerprint density at radius 2 is 1.53 bits per heavy atom. The molecule has 0 aliphatic rings. The van der Waals surface area contributed by atoms with E-state index < -0.39 is 0 Å². The Kier molecular flexibility index (Phi) is 26.8. The summed E-state index contributed by atoms with van der Waals surface area (Å²) in [6.45, 7) is 12.6. The van der Waals surface area contributed by atoms with Crippen LogP contribution >= 0.6 is 15.9 Å². The van der Waals surface area contributed by atoms with E-state index in [1.54, 1.807) is 0 Å². The third-order valence-electron chi connectivity index (χ3n) is 2.49. The minimum atomic E-state index is 0. The van der Waals surface area contributed by atoms with E-state index in [2.05, 4.69) is 36.7 Å². The summed E-state index contributed by atoms with van der Waals surface area (Å²) in [5.41, 5.74) is 0. The van der Waals surface area contributed by atoms with Gasteiger partial charge < -0.3 is 7.59 Å². The van der Waals surface area contributed by atoms with Crippen LogP contribution in [0.15, 0.2) is 0 Å². The SMILES string of the molecule is CC(C)CCCC(C)CCBr.CCOCC.[H-].[H-].[Mg+2]. The molecule has 0 saturated heterocycles. The van der Waals surface area contributed by atoms with Gasteiger partial charge in [-0.15, -0.1) is 0 Å². The van der Waals surface area contributed by atoms with Gasteiger partial charge in [0.25, 0.3) is 0 Å². The molecule has 1 nitrogen and oxygen atoms in total. The van der Waals surface area contributed by atoms with Crippen LogP contribution in [0.25, 0.3) is 0 Å². The molecule has 0 aliphatic carbocycles. The van der Waals surface area contributed by atoms with E-state index in [0.29, 0.717) is 0 Å². The quantitative estimate of drug-likeness (QED) is 0.445. The van der Waals surface area contributed by atoms with Crippen LogP contribution in [0.5, 0.6) is 0 Å². The number of alkyl halides is 1. The van der Waals surface area contributed by atoms with Crippen molar-refractivity contribution < 1.29 is 7.59 Å². The van der Waals surface area contributed by atoms with Crippen molar-refractivity contribution in [2.45, 2.75) is 60.3 Å². The summed E-state index contributed by atoms with van der Waals surface area (Å²) in [4.78, 5) is 0. The predicted octanol–water partition coefficient (Wildman–Crippen LogP) is 5.12. The first-order chi connectivity index (χ1) is 7.58. The molecule has 1 atom stereocenters. The zero-order valence-electron chi connectivity index (χ0n) is 14.6. The summed E-state index contributed by atoms with van der Waals surface area (Å²) in [6.07, 6.45) is 5.54. The molecule has 0 saturated carbocycles. The fraction of sp³-hybridized carbons (Fsp3) is 1.00. The van der Waals surface area contributed by atoms with Gasteiger partial charge in [0.2, 0.25) is 0 Å². The maximum atomic E-state index is 4.83. The van der Waals surface area contributed by atoms with Crippen molar-refractivity contribution in [1.29, 1.82) is 0 Å². The van der Waals surface area contributed by atoms with Crippen molar-refractivity contribution in [1.82, 2.24) is 0 Å². The average Bonchev–Trinajstić information content (AvgIpc) is 2.19. The molecule has 0 amide bonds. The zero-order valence-corrected chi connectivity index (χ0v) is 15.6. The molecule has 1 unspecified atom stereocenters. The summed E-state index contributed by atoms with van der Waals surface area (Å²) in [5.74, 6) is 1.79. The topological polar surface area (TPSA) is 9.23 Å². The second kappa shape index (κ2) is 19.5. The van der Waals surface area contributed by atoms with Gasteiger partial charge in [-0.2, -0.15) is 0 Å². The van der Waals surface area contributed by atoms with Crippen LogP contribution in [0, 0.1) is 11.8 Å². The third-order valence-corrected chi connectivity index (χ3v) is 2.95. The van der Waals surface area contributed by atoms with E-state index in [1.807, 2.05) is 13.8 Å². The van der Waals surface area contributed by atoms with Crippen molar-refractivity contribution in [3.63, 3.8) is 0 Å². The molecule has 0 aromatic heterocycles. The molecule has 0 aliphatic heterocycles. The number of halogens is 1. The van der Waals surface area contributed by atoms with Gasteiger partial charge in [-0.1, -0.05) is 56.0 Å². The maximum Gasteiger partial charge on any atom is 2.00 e. The van der Waals surface area contributed by atoms with E-state index in [4.69, 9.17) is 4.74 Å². The molecule has 17 heavy (non-hydrogen) atoms. The van der Waals surface area contributed by atoms with E-state index in [9.17, 15) is 0 Å². The molecule has 0 aromatic rings. The second-order valence-electron chi connectivity index (χ2n) is 4.69. The number of ether oxygens (including phenoxy) is 1. The van der Waals surface area contributed by atoms with Crippen LogP contribution in [0.3, 0.4) is 0 Å². The molecule has 0 bridgehead atoms. The Hall–Kier alpha value is 1.21. The van der Waals surface area contributed by atoms with Crippen molar-refractivity contribution in [3.8, 4) is 0 Å². The predicted molar refractivity (Wildman–Crippen MR) is 86.4 cm³/mol. The zero-order chi connectivity index (χ0) is 12.8. The van der Waals surface area contributed by atoms with Gasteiger partial charge in [-0.05, 0) is 32.1 Å². The Balaban J connectivity index is -0.0000000717. The average molecular weight is 322 g/mol. The van der Waals surface area contributed by atoms with Gasteiger partial charge >= 0.3 is 23.1 Å². The first kappa shape index (κ1) is 23.3. The molecule has 104 valence electrons. The molecule has 3 heteroatoms. The molecule has 0 spiro atoms. The fourth-order valence-electron chi connectivity index (χ4n) is 1.41. The Labute approximate surface area is 137 Å². The Bertz CT molecular complexity index is 128. The summed E-state index contributed by atoms with van der Waals surface area (Å²) < 4.78 is 4.83. The monoisotopic (exact) mass is 320 g/mol. The van der Waals surface area contributed by atoms with Crippen LogP contribution in [-0.2, 0) is 4.74 Å². The molecule has 0 heterocycles. The summed E-state index contributed by atoms with van der Waals surface area (Å²) in [5, 5.41) is 1.16. The molecule has 0 rings (SSSR count). The van der Waals surface area contributed by atoms with Gasteiger partial charge in [0, 0.05) is 18.5 Å². The number of hydrogen-bond acceptors (Lipinski definition) is 1. The minimum absolute atomic E-state index is 0. The van der Waals surface area contributed by atoms with Crippen molar-refractivity contribution in [3.05, 3.63) is 0 Å². The fourth-order valence-corrected chi connectivity index (χ4v) is 2.19. The van der Waals surface area contributed by atoms with Gasteiger partial charge in [-0.3, -0.25) is 0 Å². The summed E-state index contributed by atoms with van der Waals surface area (Å²) in [6, 6.07) is 0. The maximum absolute atomic E-state index is 4.83. The number of hydrogen-bond donors (Lipinski definition) is 0. The molecule has 0 N–H and O–H groups in total. The Morgan fingerprint density at radius 3 is 1.82 bits per heavy atom. The van der Waals surface area contributed by atoms with E-state index in [1.165, 1.54) is 25.7 Å². The van der Waals surface area contributed by atoms with E-state index >= 15 is 0 Å². The van der Waals surface area contributed by atoms with Crippen LogP contribution in [-0.4, -0.2) is 41.6 Å². The number of rotatable bonds is 8. The van der Waals surface area contributed by atoms with Gasteiger partial charge in [-0.25, -0.2) is 0 Å². The normalized spacial score (nSPS) is 11.5. The van der Waals surface area contributed by atoms with Gasteiger partial charge in [0.15, 0.2) is 0 Å². The standard InChI is InChI=1S/C10H21Br.C4H10O.Mg.2H/c1-9(2)5-4-6-10(3)7-8-11;1-3-5-4-2;;;/h9-10H,4-8H2,1-3H3;3-4H2,1-2H3;;;/q;;+2;2*-1. The van der Waals surface area contributed by atoms with Crippen LogP contribution in [0.1, 0.15) is 63.2 Å². The molecule has 0 fully saturated rings. The third kappa shape index (κ3) is 26.7. The first-order valence-electron chi connectivity index (χ1n) is 6.72. The second-order valence-corrected chi connectivity index (χ2v) is 5.48. The van der Waals surface area contributed by atoms with Crippen LogP contribution < -0.4 is 0 Å². The van der Waals surface area contributed by atoms with Crippen LogP contribution in [0.2, 0.25) is 0 Å². The first-order valence-corrected chi connectivity index (χ1v) is 7.84. The molecule has 0 radical (unpaired) electrons. The molecular formula is C14H33BrMgO. The van der Waals surface area contributed by atoms with Gasteiger partial charge in [0.1, 0.15) is 0 Å². The van der Waals surface area contributed by atoms with E-state index in [0.717, 1.165) is 30.4 Å². The largest absolute Gasteiger partial charge is 2.00 e. The summed E-state index contributed by atoms with van der Waals surface area (Å²) >= 11 is 3.47. The van der Waals surface area contributed by atoms with E-state index in [-0.39, 0.29) is 25.9 Å².